The van der Waals surface area contributed by atoms with E-state index in [4.69, 9.17) is 0 Å². The molecule has 0 saturated carbocycles. The summed E-state index contributed by atoms with van der Waals surface area (Å²) in [6.45, 7) is 9.61. The first-order chi connectivity index (χ1) is 29.4. The van der Waals surface area contributed by atoms with Gasteiger partial charge in [-0.15, -0.1) is 0 Å². The number of hydrogen-bond acceptors (Lipinski definition) is 12. The molecule has 4 rings (SSSR count). The van der Waals surface area contributed by atoms with Gasteiger partial charge in [-0.05, 0) is 72.6 Å². The highest BCUT2D eigenvalue weighted by Crippen LogP contribution is 2.55. The van der Waals surface area contributed by atoms with Crippen LogP contribution in [0.3, 0.4) is 0 Å². The van der Waals surface area contributed by atoms with Crippen molar-refractivity contribution >= 4 is 91.9 Å². The van der Waals surface area contributed by atoms with Gasteiger partial charge in [0, 0.05) is 175 Å². The van der Waals surface area contributed by atoms with Gasteiger partial charge in [0.05, 0.1) is 68.2 Å². The van der Waals surface area contributed by atoms with E-state index in [1.807, 2.05) is 0 Å². The minimum Gasteiger partial charge on any atom is -0.376 e. The van der Waals surface area contributed by atoms with Gasteiger partial charge in [0.25, 0.3) is 0 Å². The highest BCUT2D eigenvalue weighted by atomic mass is 28.3. The molecule has 0 amide bonds. The lowest BCUT2D eigenvalue weighted by Crippen LogP contribution is -2.72. The summed E-state index contributed by atoms with van der Waals surface area (Å²) in [5.74, 6) is 0. The quantitative estimate of drug-likeness (QED) is 0.125. The van der Waals surface area contributed by atoms with Gasteiger partial charge in [0.2, 0.25) is 0 Å². The zero-order valence-electron chi connectivity index (χ0n) is 45.7. The van der Waals surface area contributed by atoms with E-state index < -0.39 is 8.07 Å². The van der Waals surface area contributed by atoms with Crippen LogP contribution >= 0.6 is 0 Å². The number of nitrogens with zero attached hydrogens (tertiary/aromatic N) is 12. The van der Waals surface area contributed by atoms with Crippen LogP contribution in [0, 0.1) is 0 Å². The van der Waals surface area contributed by atoms with E-state index in [1.54, 1.807) is 0 Å². The Morgan fingerprint density at radius 2 is 0.453 bits per heavy atom. The molecular weight excluding hydrogens is 809 g/mol. The van der Waals surface area contributed by atoms with Crippen LogP contribution in [0.15, 0.2) is 40.5 Å². The highest BCUT2D eigenvalue weighted by Gasteiger charge is 2.56. The third kappa shape index (κ3) is 8.26. The van der Waals surface area contributed by atoms with Gasteiger partial charge in [-0.1, -0.05) is 11.1 Å². The fourth-order valence-corrected chi connectivity index (χ4v) is 17.5. The van der Waals surface area contributed by atoms with Crippen LogP contribution in [0.1, 0.15) is 27.7 Å². The molecule has 0 N–H and O–H groups in total. The standard InChI is InChI=1S/C51H88N12Si/c1-32-33(2)35(4)51(34(32)3)64(39-29-36(52(5)6)42(55(11)12)48(61(23)24)45(39)58(17)18,40-30-37(53(7)8)43(56(13)14)49(62(25)26)46(40)59(19)20)41-31-38(54(9)10)44(57(15)16)50(63(27)28)47(41)60(21)22/h29-31,51H,1-28H3. The largest absolute Gasteiger partial charge is 0.376 e. The average molecular weight is 897 g/mol. The molecule has 0 unspecified atom stereocenters. The van der Waals surface area contributed by atoms with Crippen molar-refractivity contribution in [2.45, 2.75) is 33.2 Å². The predicted molar refractivity (Wildman–Crippen MR) is 296 cm³/mol. The Bertz CT molecular complexity index is 2040. The lowest BCUT2D eigenvalue weighted by atomic mass is 10.1. The van der Waals surface area contributed by atoms with Crippen molar-refractivity contribution in [3.05, 3.63) is 40.5 Å². The fourth-order valence-electron chi connectivity index (χ4n) is 10.7. The molecule has 64 heavy (non-hydrogen) atoms. The van der Waals surface area contributed by atoms with Gasteiger partial charge in [0.1, 0.15) is 0 Å². The van der Waals surface area contributed by atoms with Crippen LogP contribution in [-0.2, 0) is 0 Å². The second-order valence-corrected chi connectivity index (χ2v) is 24.4. The van der Waals surface area contributed by atoms with E-state index in [0.29, 0.717) is 0 Å². The van der Waals surface area contributed by atoms with Crippen LogP contribution in [0.25, 0.3) is 0 Å². The summed E-state index contributed by atoms with van der Waals surface area (Å²) < 4.78 is 0. The molecule has 3 aromatic carbocycles. The summed E-state index contributed by atoms with van der Waals surface area (Å²) in [5.41, 5.74) is 20.2. The van der Waals surface area contributed by atoms with Crippen molar-refractivity contribution in [3.8, 4) is 0 Å². The summed E-state index contributed by atoms with van der Waals surface area (Å²) >= 11 is 0. The van der Waals surface area contributed by atoms with Crippen molar-refractivity contribution in [1.82, 2.24) is 0 Å². The maximum atomic E-state index is 2.61. The van der Waals surface area contributed by atoms with Crippen LogP contribution in [-0.4, -0.2) is 177 Å². The van der Waals surface area contributed by atoms with Crippen LogP contribution in [0.2, 0.25) is 5.54 Å². The smallest absolute Gasteiger partial charge is 0.167 e. The van der Waals surface area contributed by atoms with Gasteiger partial charge >= 0.3 is 0 Å². The second kappa shape index (κ2) is 18.8. The molecule has 0 bridgehead atoms. The van der Waals surface area contributed by atoms with E-state index in [9.17, 15) is 0 Å². The Morgan fingerprint density at radius 3 is 0.609 bits per heavy atom. The number of anilines is 12. The Labute approximate surface area is 392 Å². The van der Waals surface area contributed by atoms with E-state index >= 15 is 0 Å². The molecular formula is C51H88N12Si. The summed E-state index contributed by atoms with van der Waals surface area (Å²) in [6, 6.07) is 7.84. The Hall–Kier alpha value is -5.04. The number of rotatable bonds is 16. The van der Waals surface area contributed by atoms with Crippen LogP contribution < -0.4 is 74.4 Å². The minimum atomic E-state index is -3.62. The van der Waals surface area contributed by atoms with Crippen molar-refractivity contribution in [3.63, 3.8) is 0 Å². The molecule has 13 heteroatoms. The molecule has 0 heterocycles. The topological polar surface area (TPSA) is 38.9 Å². The van der Waals surface area contributed by atoms with E-state index in [2.05, 4.69) is 274 Å². The van der Waals surface area contributed by atoms with E-state index in [-0.39, 0.29) is 5.54 Å². The lowest BCUT2D eigenvalue weighted by Gasteiger charge is -2.49. The molecule has 0 radical (unpaired) electrons. The van der Waals surface area contributed by atoms with Crippen molar-refractivity contribution in [2.24, 2.45) is 0 Å². The average Bonchev–Trinajstić information content (AvgIpc) is 3.37. The van der Waals surface area contributed by atoms with Crippen molar-refractivity contribution < 1.29 is 0 Å². The molecule has 1 aliphatic carbocycles. The van der Waals surface area contributed by atoms with E-state index in [1.165, 1.54) is 106 Å². The molecule has 0 atom stereocenters. The van der Waals surface area contributed by atoms with Crippen molar-refractivity contribution in [1.29, 1.82) is 0 Å². The summed E-state index contributed by atoms with van der Waals surface area (Å²) in [7, 11) is 49.7. The van der Waals surface area contributed by atoms with Gasteiger partial charge in [-0.3, -0.25) is 0 Å². The summed E-state index contributed by atoms with van der Waals surface area (Å²) in [6.07, 6.45) is 0. The van der Waals surface area contributed by atoms with Gasteiger partial charge < -0.3 is 58.8 Å². The highest BCUT2D eigenvalue weighted by molar-refractivity contribution is 7.15. The number of allylic oxidation sites excluding steroid dienone is 4. The molecule has 3 aromatic rings. The molecule has 356 valence electrons. The Morgan fingerprint density at radius 1 is 0.266 bits per heavy atom. The molecule has 0 aromatic heterocycles. The molecule has 0 spiro atoms. The first-order valence-corrected chi connectivity index (χ1v) is 24.6. The minimum absolute atomic E-state index is 0.0456. The number of benzene rings is 3. The van der Waals surface area contributed by atoms with Crippen LogP contribution in [0.4, 0.5) is 68.2 Å². The third-order valence-corrected chi connectivity index (χ3v) is 18.9. The Kier molecular flexibility index (Phi) is 15.2. The molecule has 0 aliphatic heterocycles. The summed E-state index contributed by atoms with van der Waals surface area (Å²) in [4.78, 5) is 28.2. The normalized spacial score (nSPS) is 13.1. The molecule has 0 fully saturated rings. The predicted octanol–water partition coefficient (Wildman–Crippen LogP) is 6.01. The SMILES string of the molecule is CC1=C(C)C([Si](c2cc(N(C)C)c(N(C)C)c(N(C)C)c2N(C)C)(c2cc(N(C)C)c(N(C)C)c(N(C)C)c2N(C)C)c2cc(N(C)C)c(N(C)C)c(N(C)C)c2N(C)C)C(C)=C1C. The zero-order chi connectivity index (χ0) is 49.1. The zero-order valence-corrected chi connectivity index (χ0v) is 46.7. The van der Waals surface area contributed by atoms with Gasteiger partial charge in [-0.25, -0.2) is 0 Å². The molecule has 1 aliphatic rings. The lowest BCUT2D eigenvalue weighted by molar-refractivity contribution is 1.02. The fraction of sp³-hybridized carbons (Fsp3) is 0.569. The van der Waals surface area contributed by atoms with Gasteiger partial charge in [-0.2, -0.15) is 0 Å². The Balaban J connectivity index is 2.89. The maximum Gasteiger partial charge on any atom is 0.167 e. The maximum absolute atomic E-state index is 3.62. The van der Waals surface area contributed by atoms with Crippen molar-refractivity contribution in [2.75, 3.05) is 228 Å². The molecule has 12 nitrogen and oxygen atoms in total. The van der Waals surface area contributed by atoms with Crippen LogP contribution in [0.5, 0.6) is 0 Å². The van der Waals surface area contributed by atoms with E-state index in [0.717, 1.165) is 0 Å². The second-order valence-electron chi connectivity index (χ2n) is 20.6. The first-order valence-electron chi connectivity index (χ1n) is 22.5. The third-order valence-electron chi connectivity index (χ3n) is 13.5. The monoisotopic (exact) mass is 897 g/mol. The van der Waals surface area contributed by atoms with Gasteiger partial charge in [0.15, 0.2) is 8.07 Å². The summed E-state index contributed by atoms with van der Waals surface area (Å²) in [5, 5.41) is 4.14. The molecule has 0 saturated heterocycles. The number of hydrogen-bond donors (Lipinski definition) is 0. The first kappa shape index (κ1) is 51.6.